The molecule has 0 unspecified atom stereocenters. The molecule has 4 heteroatoms. The summed E-state index contributed by atoms with van der Waals surface area (Å²) in [6.07, 6.45) is 0. The molecule has 0 saturated carbocycles. The van der Waals surface area contributed by atoms with Crippen LogP contribution in [0.25, 0.3) is 11.1 Å². The first-order valence-corrected chi connectivity index (χ1v) is 5.96. The van der Waals surface area contributed by atoms with Crippen LogP contribution in [0.4, 0.5) is 0 Å². The first-order valence-electron chi connectivity index (χ1n) is 4.83. The predicted molar refractivity (Wildman–Crippen MR) is 72.1 cm³/mol. The predicted octanol–water partition coefficient (Wildman–Crippen LogP) is 5.04. The second kappa shape index (κ2) is 5.09. The van der Waals surface area contributed by atoms with Crippen LogP contribution >= 0.6 is 34.8 Å². The molecule has 0 aliphatic heterocycles. The molecule has 0 spiro atoms. The van der Waals surface area contributed by atoms with E-state index in [1.165, 1.54) is 0 Å². The van der Waals surface area contributed by atoms with E-state index < -0.39 is 5.24 Å². The van der Waals surface area contributed by atoms with E-state index in [-0.39, 0.29) is 0 Å². The van der Waals surface area contributed by atoms with Crippen molar-refractivity contribution < 1.29 is 4.79 Å². The molecule has 0 aromatic heterocycles. The number of rotatable bonds is 2. The highest BCUT2D eigenvalue weighted by Gasteiger charge is 2.11. The van der Waals surface area contributed by atoms with Gasteiger partial charge in [0.2, 0.25) is 0 Å². The zero-order chi connectivity index (χ0) is 12.4. The summed E-state index contributed by atoms with van der Waals surface area (Å²) in [6, 6.07) is 12.2. The Morgan fingerprint density at radius 3 is 2.06 bits per heavy atom. The molecular formula is C13H7Cl3O. The van der Waals surface area contributed by atoms with Crippen LogP contribution in [-0.4, -0.2) is 5.24 Å². The highest BCUT2D eigenvalue weighted by atomic mass is 35.5. The number of hydrogen-bond donors (Lipinski definition) is 0. The van der Waals surface area contributed by atoms with E-state index in [1.807, 2.05) is 12.1 Å². The fourth-order valence-electron chi connectivity index (χ4n) is 1.56. The van der Waals surface area contributed by atoms with Gasteiger partial charge >= 0.3 is 0 Å². The fourth-order valence-corrected chi connectivity index (χ4v) is 2.01. The fraction of sp³-hybridized carbons (Fsp3) is 0. The summed E-state index contributed by atoms with van der Waals surface area (Å²) in [7, 11) is 0. The quantitative estimate of drug-likeness (QED) is 0.707. The molecule has 0 atom stereocenters. The summed E-state index contributed by atoms with van der Waals surface area (Å²) < 4.78 is 0. The summed E-state index contributed by atoms with van der Waals surface area (Å²) in [5.74, 6) is 0. The Kier molecular flexibility index (Phi) is 3.72. The number of halogens is 3. The molecule has 0 bridgehead atoms. The summed E-state index contributed by atoms with van der Waals surface area (Å²) in [5.41, 5.74) is 2.00. The third-order valence-corrected chi connectivity index (χ3v) is 3.04. The molecule has 0 radical (unpaired) electrons. The van der Waals surface area contributed by atoms with Gasteiger partial charge in [0, 0.05) is 15.6 Å². The molecule has 86 valence electrons. The van der Waals surface area contributed by atoms with E-state index in [1.54, 1.807) is 30.3 Å². The Hall–Kier alpha value is -1.02. The maximum absolute atomic E-state index is 11.3. The maximum Gasteiger partial charge on any atom is 0.253 e. The zero-order valence-corrected chi connectivity index (χ0v) is 10.9. The van der Waals surface area contributed by atoms with Gasteiger partial charge in [-0.3, -0.25) is 4.79 Å². The standard InChI is InChI=1S/C13H7Cl3O/c14-9-3-1-8(2-4-9)11-6-5-10(15)7-12(11)13(16)17/h1-7H. The van der Waals surface area contributed by atoms with Crippen LogP contribution in [0.5, 0.6) is 0 Å². The van der Waals surface area contributed by atoms with Crippen molar-refractivity contribution in [1.82, 2.24) is 0 Å². The Morgan fingerprint density at radius 2 is 1.47 bits per heavy atom. The zero-order valence-electron chi connectivity index (χ0n) is 8.58. The van der Waals surface area contributed by atoms with Gasteiger partial charge in [0.1, 0.15) is 0 Å². The molecule has 2 aromatic carbocycles. The van der Waals surface area contributed by atoms with E-state index in [2.05, 4.69) is 0 Å². The smallest absolute Gasteiger partial charge is 0.253 e. The largest absolute Gasteiger partial charge is 0.276 e. The summed E-state index contributed by atoms with van der Waals surface area (Å²) in [6.45, 7) is 0. The van der Waals surface area contributed by atoms with Crippen molar-refractivity contribution in [3.63, 3.8) is 0 Å². The van der Waals surface area contributed by atoms with Gasteiger partial charge < -0.3 is 0 Å². The van der Waals surface area contributed by atoms with Gasteiger partial charge in [-0.2, -0.15) is 0 Å². The van der Waals surface area contributed by atoms with Gasteiger partial charge in [0.25, 0.3) is 5.24 Å². The van der Waals surface area contributed by atoms with E-state index >= 15 is 0 Å². The van der Waals surface area contributed by atoms with Crippen molar-refractivity contribution in [3.05, 3.63) is 58.1 Å². The Labute approximate surface area is 114 Å². The molecule has 0 aliphatic carbocycles. The molecule has 0 N–H and O–H groups in total. The summed E-state index contributed by atoms with van der Waals surface area (Å²) in [5, 5.41) is 0.589. The minimum Gasteiger partial charge on any atom is -0.276 e. The van der Waals surface area contributed by atoms with Crippen LogP contribution < -0.4 is 0 Å². The molecule has 0 fully saturated rings. The van der Waals surface area contributed by atoms with Crippen LogP contribution in [0.2, 0.25) is 10.0 Å². The topological polar surface area (TPSA) is 17.1 Å². The van der Waals surface area contributed by atoms with Crippen LogP contribution in [0, 0.1) is 0 Å². The van der Waals surface area contributed by atoms with Crippen LogP contribution in [0.1, 0.15) is 10.4 Å². The number of benzene rings is 2. The van der Waals surface area contributed by atoms with E-state index in [9.17, 15) is 4.79 Å². The van der Waals surface area contributed by atoms with Crippen molar-refractivity contribution in [1.29, 1.82) is 0 Å². The molecule has 2 aromatic rings. The van der Waals surface area contributed by atoms with E-state index in [0.717, 1.165) is 11.1 Å². The summed E-state index contributed by atoms with van der Waals surface area (Å²) in [4.78, 5) is 11.3. The van der Waals surface area contributed by atoms with Crippen LogP contribution in [0.15, 0.2) is 42.5 Å². The summed E-state index contributed by atoms with van der Waals surface area (Å²) >= 11 is 17.2. The molecule has 0 amide bonds. The first kappa shape index (κ1) is 12.4. The van der Waals surface area contributed by atoms with Crippen molar-refractivity contribution in [2.24, 2.45) is 0 Å². The van der Waals surface area contributed by atoms with Gasteiger partial charge in [-0.05, 0) is 47.0 Å². The maximum atomic E-state index is 11.3. The minimum atomic E-state index is -0.530. The molecule has 0 aliphatic rings. The average Bonchev–Trinajstić information content (AvgIpc) is 2.30. The Balaban J connectivity index is 2.58. The third-order valence-electron chi connectivity index (χ3n) is 2.35. The average molecular weight is 286 g/mol. The lowest BCUT2D eigenvalue weighted by molar-refractivity contribution is 0.108. The highest BCUT2D eigenvalue weighted by molar-refractivity contribution is 6.68. The van der Waals surface area contributed by atoms with Gasteiger partial charge in [-0.25, -0.2) is 0 Å². The van der Waals surface area contributed by atoms with Gasteiger partial charge in [0.15, 0.2) is 0 Å². The monoisotopic (exact) mass is 284 g/mol. The molecule has 17 heavy (non-hydrogen) atoms. The van der Waals surface area contributed by atoms with Gasteiger partial charge in [0.05, 0.1) is 0 Å². The van der Waals surface area contributed by atoms with Gasteiger partial charge in [-0.15, -0.1) is 0 Å². The minimum absolute atomic E-state index is 0.390. The molecule has 2 rings (SSSR count). The second-order valence-electron chi connectivity index (χ2n) is 3.47. The lowest BCUT2D eigenvalue weighted by Gasteiger charge is -2.07. The molecular weight excluding hydrogens is 279 g/mol. The van der Waals surface area contributed by atoms with Crippen LogP contribution in [0.3, 0.4) is 0 Å². The lowest BCUT2D eigenvalue weighted by atomic mass is 10.0. The number of carbonyl (C=O) groups is 1. The first-order chi connectivity index (χ1) is 8.08. The SMILES string of the molecule is O=C(Cl)c1cc(Cl)ccc1-c1ccc(Cl)cc1. The second-order valence-corrected chi connectivity index (χ2v) is 4.69. The van der Waals surface area contributed by atoms with Crippen molar-refractivity contribution >= 4 is 40.0 Å². The normalized spacial score (nSPS) is 10.3. The number of carbonyl (C=O) groups excluding carboxylic acids is 1. The van der Waals surface area contributed by atoms with Crippen molar-refractivity contribution in [3.8, 4) is 11.1 Å². The van der Waals surface area contributed by atoms with Crippen molar-refractivity contribution in [2.75, 3.05) is 0 Å². The molecule has 0 saturated heterocycles. The van der Waals surface area contributed by atoms with E-state index in [0.29, 0.717) is 15.6 Å². The molecule has 1 nitrogen and oxygen atoms in total. The van der Waals surface area contributed by atoms with Crippen molar-refractivity contribution in [2.45, 2.75) is 0 Å². The number of hydrogen-bond acceptors (Lipinski definition) is 1. The van der Waals surface area contributed by atoms with E-state index in [4.69, 9.17) is 34.8 Å². The van der Waals surface area contributed by atoms with Crippen LogP contribution in [-0.2, 0) is 0 Å². The molecule has 0 heterocycles. The Bertz CT molecular complexity index is 561. The lowest BCUT2D eigenvalue weighted by Crippen LogP contribution is -1.93. The van der Waals surface area contributed by atoms with Gasteiger partial charge in [-0.1, -0.05) is 41.4 Å². The third kappa shape index (κ3) is 2.81. The highest BCUT2D eigenvalue weighted by Crippen LogP contribution is 2.28. The Morgan fingerprint density at radius 1 is 0.882 bits per heavy atom.